The van der Waals surface area contributed by atoms with Gasteiger partial charge in [-0.2, -0.15) is 0 Å². The van der Waals surface area contributed by atoms with Gasteiger partial charge in [0.2, 0.25) is 0 Å². The fourth-order valence-corrected chi connectivity index (χ4v) is 0.792. The second kappa shape index (κ2) is 5.35. The summed E-state index contributed by atoms with van der Waals surface area (Å²) in [5.41, 5.74) is -2.05. The Bertz CT molecular complexity index is 294. The number of aliphatic carboxylic acids is 1. The number of carbonyl (C=O) groups excluding carboxylic acids is 1. The minimum Gasteiger partial charge on any atom is -0.479 e. The van der Waals surface area contributed by atoms with Gasteiger partial charge in [-0.3, -0.25) is 0 Å². The summed E-state index contributed by atoms with van der Waals surface area (Å²) >= 11 is 0. The summed E-state index contributed by atoms with van der Waals surface area (Å²) in [6.45, 7) is 8.57. The maximum Gasteiger partial charge on any atom is 0.337 e. The van der Waals surface area contributed by atoms with E-state index >= 15 is 0 Å². The monoisotopic (exact) mass is 246 g/mol. The molecule has 0 heterocycles. The molecular weight excluding hydrogens is 224 g/mol. The molecule has 0 aliphatic carbocycles. The molecule has 0 aromatic rings. The highest BCUT2D eigenvalue weighted by Crippen LogP contribution is 2.18. The number of amides is 2. The van der Waals surface area contributed by atoms with Crippen molar-refractivity contribution in [2.45, 2.75) is 46.3 Å². The third-order valence-electron chi connectivity index (χ3n) is 2.70. The summed E-state index contributed by atoms with van der Waals surface area (Å²) in [4.78, 5) is 22.0. The summed E-state index contributed by atoms with van der Waals surface area (Å²) in [6, 6.07) is -0.564. The Hall–Kier alpha value is -1.30. The van der Waals surface area contributed by atoms with Gasteiger partial charge in [-0.25, -0.2) is 9.59 Å². The molecule has 6 heteroatoms. The Morgan fingerprint density at radius 2 is 1.71 bits per heavy atom. The average Bonchev–Trinajstić information content (AvgIpc) is 2.13. The minimum atomic E-state index is -1.96. The second-order valence-electron chi connectivity index (χ2n) is 5.49. The molecule has 2 amide bonds. The lowest BCUT2D eigenvalue weighted by molar-refractivity contribution is -0.155. The van der Waals surface area contributed by atoms with Crippen LogP contribution in [0.4, 0.5) is 4.79 Å². The molecule has 0 saturated carbocycles. The van der Waals surface area contributed by atoms with Gasteiger partial charge in [0.1, 0.15) is 0 Å². The van der Waals surface area contributed by atoms with Crippen molar-refractivity contribution in [3.05, 3.63) is 0 Å². The number of aliphatic hydroxyl groups is 1. The fraction of sp³-hybridized carbons (Fsp3) is 0.818. The first-order valence-corrected chi connectivity index (χ1v) is 5.47. The molecule has 0 saturated heterocycles. The molecule has 0 fully saturated rings. The topological polar surface area (TPSA) is 98.7 Å². The molecular formula is C11H22N2O4. The third-order valence-corrected chi connectivity index (χ3v) is 2.70. The van der Waals surface area contributed by atoms with Gasteiger partial charge in [-0.1, -0.05) is 20.8 Å². The molecule has 4 N–H and O–H groups in total. The van der Waals surface area contributed by atoms with Crippen LogP contribution in [-0.4, -0.2) is 40.4 Å². The highest BCUT2D eigenvalue weighted by molar-refractivity contribution is 5.79. The Morgan fingerprint density at radius 3 is 2.06 bits per heavy atom. The smallest absolute Gasteiger partial charge is 0.337 e. The Labute approximate surface area is 101 Å². The molecule has 0 aliphatic heterocycles. The zero-order valence-corrected chi connectivity index (χ0v) is 11.0. The van der Waals surface area contributed by atoms with Crippen molar-refractivity contribution in [3.63, 3.8) is 0 Å². The van der Waals surface area contributed by atoms with Crippen LogP contribution in [0.25, 0.3) is 0 Å². The van der Waals surface area contributed by atoms with Gasteiger partial charge >= 0.3 is 12.0 Å². The van der Waals surface area contributed by atoms with Crippen molar-refractivity contribution in [2.24, 2.45) is 5.41 Å². The number of carboxylic acids is 1. The predicted octanol–water partition coefficient (Wildman–Crippen LogP) is 0.556. The minimum absolute atomic E-state index is 0.0720. The molecule has 0 spiro atoms. The maximum absolute atomic E-state index is 11.4. The summed E-state index contributed by atoms with van der Waals surface area (Å²) in [7, 11) is 0. The van der Waals surface area contributed by atoms with Gasteiger partial charge in [-0.05, 0) is 19.3 Å². The van der Waals surface area contributed by atoms with E-state index in [2.05, 4.69) is 10.6 Å². The van der Waals surface area contributed by atoms with E-state index in [1.54, 1.807) is 0 Å². The van der Waals surface area contributed by atoms with Crippen LogP contribution < -0.4 is 10.6 Å². The van der Waals surface area contributed by atoms with Crippen molar-refractivity contribution >= 4 is 12.0 Å². The Kier molecular flexibility index (Phi) is 4.94. The van der Waals surface area contributed by atoms with Gasteiger partial charge in [0.05, 0.1) is 6.54 Å². The summed E-state index contributed by atoms with van der Waals surface area (Å²) in [5.74, 6) is -1.37. The van der Waals surface area contributed by atoms with Gasteiger partial charge < -0.3 is 20.8 Å². The van der Waals surface area contributed by atoms with Crippen LogP contribution in [0, 0.1) is 5.41 Å². The van der Waals surface area contributed by atoms with Crippen LogP contribution in [0.15, 0.2) is 0 Å². The molecule has 0 radical (unpaired) electrons. The highest BCUT2D eigenvalue weighted by Gasteiger charge is 2.30. The molecule has 0 aliphatic rings. The molecule has 0 aromatic heterocycles. The summed E-state index contributed by atoms with van der Waals surface area (Å²) in [6.07, 6.45) is 0. The van der Waals surface area contributed by atoms with E-state index < -0.39 is 17.6 Å². The van der Waals surface area contributed by atoms with Crippen molar-refractivity contribution in [2.75, 3.05) is 6.54 Å². The first-order valence-electron chi connectivity index (χ1n) is 5.47. The Morgan fingerprint density at radius 1 is 1.24 bits per heavy atom. The molecule has 0 rings (SSSR count). The zero-order valence-electron chi connectivity index (χ0n) is 11.0. The van der Waals surface area contributed by atoms with Crippen molar-refractivity contribution in [1.29, 1.82) is 0 Å². The van der Waals surface area contributed by atoms with E-state index in [9.17, 15) is 14.7 Å². The molecule has 0 bridgehead atoms. The SMILES string of the molecule is CC(NC(=O)NCC(C)(O)C(=O)O)C(C)(C)C. The third kappa shape index (κ3) is 5.53. The van der Waals surface area contributed by atoms with E-state index in [0.29, 0.717) is 0 Å². The standard InChI is InChI=1S/C11H22N2O4/c1-7(10(2,3)4)13-9(16)12-6-11(5,17)8(14)15/h7,17H,6H2,1-5H3,(H,14,15)(H2,12,13,16). The van der Waals surface area contributed by atoms with E-state index in [1.807, 2.05) is 27.7 Å². The normalized spacial score (nSPS) is 16.8. The lowest BCUT2D eigenvalue weighted by Crippen LogP contribution is -2.52. The van der Waals surface area contributed by atoms with E-state index in [4.69, 9.17) is 5.11 Å². The lowest BCUT2D eigenvalue weighted by atomic mass is 9.88. The highest BCUT2D eigenvalue weighted by atomic mass is 16.4. The molecule has 17 heavy (non-hydrogen) atoms. The number of rotatable bonds is 4. The number of hydrogen-bond donors (Lipinski definition) is 4. The molecule has 2 unspecified atom stereocenters. The number of carboxylic acid groups (broad SMARTS) is 1. The fourth-order valence-electron chi connectivity index (χ4n) is 0.792. The zero-order chi connectivity index (χ0) is 13.9. The maximum atomic E-state index is 11.4. The van der Waals surface area contributed by atoms with Crippen molar-refractivity contribution < 1.29 is 19.8 Å². The number of urea groups is 1. The summed E-state index contributed by atoms with van der Waals surface area (Å²) < 4.78 is 0. The largest absolute Gasteiger partial charge is 0.479 e. The predicted molar refractivity (Wildman–Crippen MR) is 63.7 cm³/mol. The lowest BCUT2D eigenvalue weighted by Gasteiger charge is -2.28. The second-order valence-corrected chi connectivity index (χ2v) is 5.49. The number of hydrogen-bond acceptors (Lipinski definition) is 3. The molecule has 0 aromatic carbocycles. The number of nitrogens with one attached hydrogen (secondary N) is 2. The van der Waals surface area contributed by atoms with Crippen molar-refractivity contribution in [1.82, 2.24) is 10.6 Å². The molecule has 100 valence electrons. The van der Waals surface area contributed by atoms with Gasteiger partial charge in [0, 0.05) is 6.04 Å². The van der Waals surface area contributed by atoms with Crippen LogP contribution in [0.1, 0.15) is 34.6 Å². The van der Waals surface area contributed by atoms with E-state index in [1.165, 1.54) is 0 Å². The first kappa shape index (κ1) is 15.7. The quantitative estimate of drug-likeness (QED) is 0.582. The van der Waals surface area contributed by atoms with Crippen LogP contribution in [0.2, 0.25) is 0 Å². The first-order chi connectivity index (χ1) is 7.47. The average molecular weight is 246 g/mol. The van der Waals surface area contributed by atoms with Crippen LogP contribution in [-0.2, 0) is 4.79 Å². The molecule has 2 atom stereocenters. The molecule has 6 nitrogen and oxygen atoms in total. The van der Waals surface area contributed by atoms with Crippen LogP contribution in [0.3, 0.4) is 0 Å². The van der Waals surface area contributed by atoms with E-state index in [-0.39, 0.29) is 18.0 Å². The number of carbonyl (C=O) groups is 2. The van der Waals surface area contributed by atoms with E-state index in [0.717, 1.165) is 6.92 Å². The van der Waals surface area contributed by atoms with Crippen molar-refractivity contribution in [3.8, 4) is 0 Å². The summed E-state index contributed by atoms with van der Waals surface area (Å²) in [5, 5.41) is 23.0. The van der Waals surface area contributed by atoms with Gasteiger partial charge in [0.15, 0.2) is 5.60 Å². The van der Waals surface area contributed by atoms with Crippen LogP contribution in [0.5, 0.6) is 0 Å². The Balaban J connectivity index is 4.18. The van der Waals surface area contributed by atoms with Crippen LogP contribution >= 0.6 is 0 Å². The van der Waals surface area contributed by atoms with Gasteiger partial charge in [0.25, 0.3) is 0 Å². The van der Waals surface area contributed by atoms with Gasteiger partial charge in [-0.15, -0.1) is 0 Å².